The highest BCUT2D eigenvalue weighted by Gasteiger charge is 2.13. The van der Waals surface area contributed by atoms with E-state index in [2.05, 4.69) is 11.1 Å². The van der Waals surface area contributed by atoms with E-state index in [1.165, 1.54) is 0 Å². The second-order valence-electron chi connectivity index (χ2n) is 3.62. The van der Waals surface area contributed by atoms with Crippen molar-refractivity contribution in [2.24, 2.45) is 0 Å². The van der Waals surface area contributed by atoms with Gasteiger partial charge in [-0.1, -0.05) is 6.07 Å². The Labute approximate surface area is 93.3 Å². The molecule has 0 aliphatic carbocycles. The Hall–Kier alpha value is -2.28. The van der Waals surface area contributed by atoms with Crippen molar-refractivity contribution < 1.29 is 4.42 Å². The van der Waals surface area contributed by atoms with Crippen molar-refractivity contribution >= 4 is 5.69 Å². The van der Waals surface area contributed by atoms with Gasteiger partial charge in [0.1, 0.15) is 12.3 Å². The number of nitrogens with zero attached hydrogens (tertiary/aromatic N) is 2. The molecular weight excluding hydrogens is 202 g/mol. The number of nitriles is 1. The monoisotopic (exact) mass is 213 g/mol. The molecule has 0 bridgehead atoms. The van der Waals surface area contributed by atoms with Crippen LogP contribution in [0.25, 0.3) is 11.5 Å². The smallest absolute Gasteiger partial charge is 0.227 e. The van der Waals surface area contributed by atoms with Crippen LogP contribution >= 0.6 is 0 Å². The van der Waals surface area contributed by atoms with Crippen LogP contribution in [0, 0.1) is 25.2 Å². The highest BCUT2D eigenvalue weighted by atomic mass is 16.3. The van der Waals surface area contributed by atoms with Gasteiger partial charge >= 0.3 is 0 Å². The second-order valence-corrected chi connectivity index (χ2v) is 3.62. The van der Waals surface area contributed by atoms with Crippen LogP contribution in [0.4, 0.5) is 5.69 Å². The molecule has 2 aromatic rings. The molecule has 0 saturated carbocycles. The van der Waals surface area contributed by atoms with Crippen LogP contribution in [0.3, 0.4) is 0 Å². The number of anilines is 1. The summed E-state index contributed by atoms with van der Waals surface area (Å²) in [6, 6.07) is 5.74. The maximum Gasteiger partial charge on any atom is 0.227 e. The second kappa shape index (κ2) is 3.70. The minimum atomic E-state index is 0.418. The Balaban J connectivity index is 2.67. The lowest BCUT2D eigenvalue weighted by atomic mass is 10.0. The van der Waals surface area contributed by atoms with Gasteiger partial charge in [-0.2, -0.15) is 5.26 Å². The summed E-state index contributed by atoms with van der Waals surface area (Å²) < 4.78 is 5.27. The number of aromatic nitrogens is 1. The van der Waals surface area contributed by atoms with E-state index in [0.717, 1.165) is 11.3 Å². The topological polar surface area (TPSA) is 75.8 Å². The summed E-state index contributed by atoms with van der Waals surface area (Å²) in [7, 11) is 0. The van der Waals surface area contributed by atoms with Gasteiger partial charge in [0, 0.05) is 0 Å². The molecule has 4 heteroatoms. The van der Waals surface area contributed by atoms with Gasteiger partial charge < -0.3 is 10.2 Å². The maximum absolute atomic E-state index is 9.09. The van der Waals surface area contributed by atoms with Gasteiger partial charge in [-0.15, -0.1) is 0 Å². The van der Waals surface area contributed by atoms with E-state index in [9.17, 15) is 0 Å². The predicted octanol–water partition coefficient (Wildman–Crippen LogP) is 2.41. The van der Waals surface area contributed by atoms with Gasteiger partial charge in [0.2, 0.25) is 5.89 Å². The minimum absolute atomic E-state index is 0.418. The highest BCUT2D eigenvalue weighted by Crippen LogP contribution is 2.28. The summed E-state index contributed by atoms with van der Waals surface area (Å²) in [4.78, 5) is 4.19. The van der Waals surface area contributed by atoms with Crippen LogP contribution in [0.1, 0.15) is 16.8 Å². The molecule has 2 N–H and O–H groups in total. The zero-order valence-electron chi connectivity index (χ0n) is 9.11. The summed E-state index contributed by atoms with van der Waals surface area (Å²) in [5.74, 6) is 0.431. The third kappa shape index (κ3) is 1.52. The SMILES string of the molecule is Cc1coc(-c2ccc(C)c(N)c2C#N)n1. The van der Waals surface area contributed by atoms with Crippen LogP contribution in [0.2, 0.25) is 0 Å². The fraction of sp³-hybridized carbons (Fsp3) is 0.167. The molecule has 0 atom stereocenters. The van der Waals surface area contributed by atoms with E-state index in [4.69, 9.17) is 15.4 Å². The van der Waals surface area contributed by atoms with E-state index in [1.807, 2.05) is 19.9 Å². The van der Waals surface area contributed by atoms with Crippen LogP contribution in [-0.4, -0.2) is 4.98 Å². The summed E-state index contributed by atoms with van der Waals surface area (Å²) in [6.45, 7) is 3.69. The van der Waals surface area contributed by atoms with Gasteiger partial charge in [0.05, 0.1) is 22.5 Å². The first-order valence-electron chi connectivity index (χ1n) is 4.85. The van der Waals surface area contributed by atoms with Gasteiger partial charge in [-0.05, 0) is 25.5 Å². The molecular formula is C12H11N3O. The first-order chi connectivity index (χ1) is 7.63. The largest absolute Gasteiger partial charge is 0.444 e. The Morgan fingerprint density at radius 3 is 2.69 bits per heavy atom. The number of nitrogen functional groups attached to an aromatic ring is 1. The lowest BCUT2D eigenvalue weighted by molar-refractivity contribution is 0.573. The van der Waals surface area contributed by atoms with E-state index in [0.29, 0.717) is 22.7 Å². The molecule has 0 aliphatic heterocycles. The lowest BCUT2D eigenvalue weighted by Gasteiger charge is -2.05. The van der Waals surface area contributed by atoms with E-state index in [1.54, 1.807) is 12.3 Å². The Morgan fingerprint density at radius 1 is 1.38 bits per heavy atom. The summed E-state index contributed by atoms with van der Waals surface area (Å²) in [5, 5.41) is 9.09. The molecule has 0 unspecified atom stereocenters. The number of benzene rings is 1. The van der Waals surface area contributed by atoms with E-state index >= 15 is 0 Å². The molecule has 0 spiro atoms. The number of hydrogen-bond acceptors (Lipinski definition) is 4. The first-order valence-corrected chi connectivity index (χ1v) is 4.85. The molecule has 1 heterocycles. The van der Waals surface area contributed by atoms with E-state index in [-0.39, 0.29) is 0 Å². The lowest BCUT2D eigenvalue weighted by Crippen LogP contribution is -1.96. The fourth-order valence-electron chi connectivity index (χ4n) is 1.50. The molecule has 2 rings (SSSR count). The summed E-state index contributed by atoms with van der Waals surface area (Å²) in [6.07, 6.45) is 1.55. The maximum atomic E-state index is 9.09. The number of rotatable bonds is 1. The molecule has 1 aromatic heterocycles. The van der Waals surface area contributed by atoms with Crippen LogP contribution in [-0.2, 0) is 0 Å². The number of oxazole rings is 1. The van der Waals surface area contributed by atoms with Crippen LogP contribution in [0.5, 0.6) is 0 Å². The molecule has 0 saturated heterocycles. The van der Waals surface area contributed by atoms with Gasteiger partial charge in [-0.25, -0.2) is 4.98 Å². The minimum Gasteiger partial charge on any atom is -0.444 e. The van der Waals surface area contributed by atoms with Crippen molar-refractivity contribution in [1.82, 2.24) is 4.98 Å². The number of nitrogens with two attached hydrogens (primary N) is 1. The first kappa shape index (κ1) is 10.2. The van der Waals surface area contributed by atoms with Crippen molar-refractivity contribution in [2.45, 2.75) is 13.8 Å². The number of hydrogen-bond donors (Lipinski definition) is 1. The Bertz CT molecular complexity index is 578. The predicted molar refractivity (Wildman–Crippen MR) is 60.5 cm³/mol. The van der Waals surface area contributed by atoms with Crippen molar-refractivity contribution in [2.75, 3.05) is 5.73 Å². The molecule has 0 radical (unpaired) electrons. The highest BCUT2D eigenvalue weighted by molar-refractivity contribution is 5.74. The molecule has 0 amide bonds. The molecule has 1 aromatic carbocycles. The normalized spacial score (nSPS) is 10.1. The molecule has 0 aliphatic rings. The van der Waals surface area contributed by atoms with Crippen molar-refractivity contribution in [3.8, 4) is 17.5 Å². The molecule has 16 heavy (non-hydrogen) atoms. The average molecular weight is 213 g/mol. The quantitative estimate of drug-likeness (QED) is 0.738. The Kier molecular flexibility index (Phi) is 2.37. The molecule has 4 nitrogen and oxygen atoms in total. The van der Waals surface area contributed by atoms with Crippen LogP contribution < -0.4 is 5.73 Å². The zero-order chi connectivity index (χ0) is 11.7. The third-order valence-electron chi connectivity index (χ3n) is 2.42. The fourth-order valence-corrected chi connectivity index (χ4v) is 1.50. The van der Waals surface area contributed by atoms with Gasteiger partial charge in [0.25, 0.3) is 0 Å². The average Bonchev–Trinajstić information content (AvgIpc) is 2.68. The zero-order valence-corrected chi connectivity index (χ0v) is 9.11. The standard InChI is InChI=1S/C12H11N3O/c1-7-3-4-9(10(5-13)11(7)14)12-15-8(2)6-16-12/h3-4,6H,14H2,1-2H3. The number of aryl methyl sites for hydroxylation is 2. The van der Waals surface area contributed by atoms with Gasteiger partial charge in [0.15, 0.2) is 0 Å². The van der Waals surface area contributed by atoms with Crippen molar-refractivity contribution in [3.05, 3.63) is 35.2 Å². The summed E-state index contributed by atoms with van der Waals surface area (Å²) >= 11 is 0. The van der Waals surface area contributed by atoms with E-state index < -0.39 is 0 Å². The molecule has 0 fully saturated rings. The van der Waals surface area contributed by atoms with Crippen molar-refractivity contribution in [1.29, 1.82) is 5.26 Å². The van der Waals surface area contributed by atoms with Crippen molar-refractivity contribution in [3.63, 3.8) is 0 Å². The third-order valence-corrected chi connectivity index (χ3v) is 2.42. The Morgan fingerprint density at radius 2 is 2.12 bits per heavy atom. The molecule has 80 valence electrons. The van der Waals surface area contributed by atoms with Crippen LogP contribution in [0.15, 0.2) is 22.8 Å². The van der Waals surface area contributed by atoms with Gasteiger partial charge in [-0.3, -0.25) is 0 Å². The summed E-state index contributed by atoms with van der Waals surface area (Å²) in [5.41, 5.74) is 9.04.